The number of carbonyl (C=O) groups is 2. The average Bonchev–Trinajstić information content (AvgIpc) is 2.78. The monoisotopic (exact) mass is 435 g/mol. The first-order valence-corrected chi connectivity index (χ1v) is 12.4. The summed E-state index contributed by atoms with van der Waals surface area (Å²) in [5.41, 5.74) is 0. The van der Waals surface area contributed by atoms with E-state index in [0.29, 0.717) is 38.5 Å². The van der Waals surface area contributed by atoms with Crippen LogP contribution in [0.4, 0.5) is 0 Å². The highest BCUT2D eigenvalue weighted by atomic mass is 32.2. The maximum absolute atomic E-state index is 12.6. The molecule has 1 aromatic carbocycles. The van der Waals surface area contributed by atoms with Crippen LogP contribution in [0.15, 0.2) is 35.2 Å². The molecule has 0 radical (unpaired) electrons. The van der Waals surface area contributed by atoms with E-state index in [1.54, 1.807) is 23.1 Å². The Bertz CT molecular complexity index is 814. The smallest absolute Gasteiger partial charge is 0.243 e. The first-order chi connectivity index (χ1) is 14.4. The highest BCUT2D eigenvalue weighted by Crippen LogP contribution is 2.27. The van der Waals surface area contributed by atoms with Crippen LogP contribution >= 0.6 is 0 Å². The van der Waals surface area contributed by atoms with E-state index in [2.05, 4.69) is 0 Å². The van der Waals surface area contributed by atoms with Crippen LogP contribution in [0.2, 0.25) is 0 Å². The second-order valence-electron chi connectivity index (χ2n) is 8.38. The second kappa shape index (κ2) is 10.4. The van der Waals surface area contributed by atoms with Gasteiger partial charge in [0.05, 0.1) is 11.4 Å². The van der Waals surface area contributed by atoms with Gasteiger partial charge in [-0.2, -0.15) is 4.31 Å². The third-order valence-corrected chi connectivity index (χ3v) is 8.10. The van der Waals surface area contributed by atoms with Crippen LogP contribution in [0.3, 0.4) is 0 Å². The number of hydrogen-bond donors (Lipinski definition) is 0. The molecule has 0 spiro atoms. The normalized spacial score (nSPS) is 18.6. The number of rotatable bonds is 7. The Balaban J connectivity index is 1.44. The van der Waals surface area contributed by atoms with E-state index in [4.69, 9.17) is 0 Å². The van der Waals surface area contributed by atoms with E-state index in [1.807, 2.05) is 4.90 Å². The van der Waals surface area contributed by atoms with Crippen molar-refractivity contribution in [3.8, 4) is 0 Å². The zero-order chi connectivity index (χ0) is 21.6. The molecule has 30 heavy (non-hydrogen) atoms. The standard InChI is InChI=1S/C22H33N3O4S/c1-23(30(28,29)20-10-6-3-7-11-20)18-22(27)25-16-14-24(15-17-25)21(26)13-12-19-8-4-2-5-9-19/h3,6-7,10-11,19H,2,4-5,8-9,12-18H2,1H3. The molecule has 2 aliphatic rings. The molecule has 1 aliphatic heterocycles. The first-order valence-electron chi connectivity index (χ1n) is 10.9. The van der Waals surface area contributed by atoms with Gasteiger partial charge in [-0.05, 0) is 24.5 Å². The topological polar surface area (TPSA) is 78.0 Å². The van der Waals surface area contributed by atoms with Crippen LogP contribution in [-0.2, 0) is 19.6 Å². The zero-order valence-corrected chi connectivity index (χ0v) is 18.6. The molecule has 8 heteroatoms. The average molecular weight is 436 g/mol. The molecule has 0 N–H and O–H groups in total. The fourth-order valence-corrected chi connectivity index (χ4v) is 5.46. The van der Waals surface area contributed by atoms with Crippen molar-refractivity contribution >= 4 is 21.8 Å². The van der Waals surface area contributed by atoms with E-state index >= 15 is 0 Å². The highest BCUT2D eigenvalue weighted by Gasteiger charge is 2.28. The molecule has 1 heterocycles. The van der Waals surface area contributed by atoms with Crippen molar-refractivity contribution in [1.29, 1.82) is 0 Å². The van der Waals surface area contributed by atoms with Crippen molar-refractivity contribution in [2.45, 2.75) is 49.8 Å². The molecule has 2 amide bonds. The summed E-state index contributed by atoms with van der Waals surface area (Å²) in [5.74, 6) is 0.635. The van der Waals surface area contributed by atoms with Gasteiger partial charge in [0.15, 0.2) is 0 Å². The van der Waals surface area contributed by atoms with Crippen molar-refractivity contribution in [3.05, 3.63) is 30.3 Å². The quantitative estimate of drug-likeness (QED) is 0.659. The van der Waals surface area contributed by atoms with Crippen LogP contribution in [0, 0.1) is 5.92 Å². The summed E-state index contributed by atoms with van der Waals surface area (Å²) < 4.78 is 26.3. The van der Waals surface area contributed by atoms with Gasteiger partial charge in [-0.1, -0.05) is 50.3 Å². The Morgan fingerprint density at radius 3 is 2.10 bits per heavy atom. The number of likely N-dealkylation sites (N-methyl/N-ethyl adjacent to an activating group) is 1. The minimum Gasteiger partial charge on any atom is -0.339 e. The van der Waals surface area contributed by atoms with Crippen LogP contribution in [0.1, 0.15) is 44.9 Å². The van der Waals surface area contributed by atoms with Gasteiger partial charge in [-0.25, -0.2) is 8.42 Å². The SMILES string of the molecule is CN(CC(=O)N1CCN(C(=O)CCC2CCCCC2)CC1)S(=O)(=O)c1ccccc1. The molecular formula is C22H33N3O4S. The van der Waals surface area contributed by atoms with Gasteiger partial charge in [0.25, 0.3) is 0 Å². The number of carbonyl (C=O) groups excluding carboxylic acids is 2. The molecule has 1 saturated carbocycles. The molecule has 0 aromatic heterocycles. The Kier molecular flexibility index (Phi) is 7.88. The van der Waals surface area contributed by atoms with Crippen molar-refractivity contribution in [2.75, 3.05) is 39.8 Å². The lowest BCUT2D eigenvalue weighted by Crippen LogP contribution is -2.52. The van der Waals surface area contributed by atoms with E-state index in [9.17, 15) is 18.0 Å². The third-order valence-electron chi connectivity index (χ3n) is 6.29. The molecule has 0 atom stereocenters. The summed E-state index contributed by atoms with van der Waals surface area (Å²) in [4.78, 5) is 28.8. The highest BCUT2D eigenvalue weighted by molar-refractivity contribution is 7.89. The van der Waals surface area contributed by atoms with Crippen molar-refractivity contribution in [1.82, 2.24) is 14.1 Å². The molecule has 1 saturated heterocycles. The van der Waals surface area contributed by atoms with E-state index in [-0.39, 0.29) is 23.3 Å². The maximum atomic E-state index is 12.6. The molecule has 3 rings (SSSR count). The fraction of sp³-hybridized carbons (Fsp3) is 0.636. The Hall–Kier alpha value is -1.93. The van der Waals surface area contributed by atoms with Gasteiger partial charge >= 0.3 is 0 Å². The Labute approximate surface area is 180 Å². The molecule has 0 bridgehead atoms. The summed E-state index contributed by atoms with van der Waals surface area (Å²) >= 11 is 0. The molecule has 1 aromatic rings. The molecule has 7 nitrogen and oxygen atoms in total. The molecule has 1 aliphatic carbocycles. The summed E-state index contributed by atoms with van der Waals surface area (Å²) in [6.07, 6.45) is 7.95. The predicted octanol–water partition coefficient (Wildman–Crippen LogP) is 2.34. The number of benzene rings is 1. The van der Waals surface area contributed by atoms with Crippen molar-refractivity contribution in [2.24, 2.45) is 5.92 Å². The number of sulfonamides is 1. The van der Waals surface area contributed by atoms with E-state index in [1.165, 1.54) is 51.3 Å². The van der Waals surface area contributed by atoms with Crippen molar-refractivity contribution < 1.29 is 18.0 Å². The lowest BCUT2D eigenvalue weighted by atomic mass is 9.86. The van der Waals surface area contributed by atoms with Gasteiger partial charge in [0.1, 0.15) is 0 Å². The maximum Gasteiger partial charge on any atom is 0.243 e. The van der Waals surface area contributed by atoms with Crippen LogP contribution < -0.4 is 0 Å². The molecule has 2 fully saturated rings. The number of hydrogen-bond acceptors (Lipinski definition) is 4. The minimum absolute atomic E-state index is 0.175. The summed E-state index contributed by atoms with van der Waals surface area (Å²) in [5, 5.41) is 0. The lowest BCUT2D eigenvalue weighted by Gasteiger charge is -2.35. The predicted molar refractivity (Wildman–Crippen MR) is 115 cm³/mol. The third kappa shape index (κ3) is 5.82. The lowest BCUT2D eigenvalue weighted by molar-refractivity contribution is -0.139. The minimum atomic E-state index is -3.69. The Morgan fingerprint density at radius 1 is 0.933 bits per heavy atom. The molecule has 166 valence electrons. The fourth-order valence-electron chi connectivity index (χ4n) is 4.31. The van der Waals surface area contributed by atoms with Gasteiger partial charge in [-0.3, -0.25) is 9.59 Å². The number of piperazine rings is 1. The van der Waals surface area contributed by atoms with E-state index in [0.717, 1.165) is 10.7 Å². The molecule has 0 unspecified atom stereocenters. The summed E-state index contributed by atoms with van der Waals surface area (Å²) in [7, 11) is -2.27. The number of nitrogens with zero attached hydrogens (tertiary/aromatic N) is 3. The summed E-state index contributed by atoms with van der Waals surface area (Å²) in [6.45, 7) is 1.74. The molecular weight excluding hydrogens is 402 g/mol. The van der Waals surface area contributed by atoms with Gasteiger partial charge < -0.3 is 9.80 Å². The number of amides is 2. The van der Waals surface area contributed by atoms with Gasteiger partial charge in [0, 0.05) is 39.6 Å². The largest absolute Gasteiger partial charge is 0.339 e. The van der Waals surface area contributed by atoms with Gasteiger partial charge in [-0.15, -0.1) is 0 Å². The first kappa shape index (κ1) is 22.7. The van der Waals surface area contributed by atoms with Crippen LogP contribution in [-0.4, -0.2) is 74.1 Å². The summed E-state index contributed by atoms with van der Waals surface area (Å²) in [6, 6.07) is 8.11. The van der Waals surface area contributed by atoms with Crippen LogP contribution in [0.5, 0.6) is 0 Å². The van der Waals surface area contributed by atoms with E-state index < -0.39 is 10.0 Å². The van der Waals surface area contributed by atoms with Crippen molar-refractivity contribution in [3.63, 3.8) is 0 Å². The second-order valence-corrected chi connectivity index (χ2v) is 10.4. The van der Waals surface area contributed by atoms with Gasteiger partial charge in [0.2, 0.25) is 21.8 Å². The Morgan fingerprint density at radius 2 is 1.50 bits per heavy atom. The van der Waals surface area contributed by atoms with Crippen LogP contribution in [0.25, 0.3) is 0 Å². The zero-order valence-electron chi connectivity index (χ0n) is 17.8.